The highest BCUT2D eigenvalue weighted by Gasteiger charge is 2.19. The molecule has 1 aliphatic heterocycles. The number of nitro groups is 1. The first-order valence-corrected chi connectivity index (χ1v) is 9.28. The predicted octanol–water partition coefficient (Wildman–Crippen LogP) is 3.26. The van der Waals surface area contributed by atoms with Gasteiger partial charge in [-0.1, -0.05) is 11.8 Å². The van der Waals surface area contributed by atoms with Crippen molar-refractivity contribution >= 4 is 36.6 Å². The van der Waals surface area contributed by atoms with Gasteiger partial charge in [-0.05, 0) is 36.4 Å². The van der Waals surface area contributed by atoms with Gasteiger partial charge in [0, 0.05) is 55.1 Å². The number of rotatable bonds is 3. The van der Waals surface area contributed by atoms with Crippen LogP contribution in [0.4, 0.5) is 11.4 Å². The lowest BCUT2D eigenvalue weighted by Gasteiger charge is -2.37. The normalized spacial score (nSPS) is 14.8. The summed E-state index contributed by atoms with van der Waals surface area (Å²) in [6, 6.07) is 14.4. The first kappa shape index (κ1) is 18.6. The quantitative estimate of drug-likeness (QED) is 0.280. The van der Waals surface area contributed by atoms with Gasteiger partial charge in [0.2, 0.25) is 0 Å². The van der Waals surface area contributed by atoms with Gasteiger partial charge >= 0.3 is 0 Å². The van der Waals surface area contributed by atoms with Crippen LogP contribution in [0.1, 0.15) is 11.1 Å². The molecule has 0 aliphatic carbocycles. The van der Waals surface area contributed by atoms with E-state index < -0.39 is 4.92 Å². The Kier molecular flexibility index (Phi) is 6.09. The molecule has 2 aromatic carbocycles. The van der Waals surface area contributed by atoms with E-state index in [1.807, 2.05) is 12.1 Å². The maximum absolute atomic E-state index is 10.7. The summed E-state index contributed by atoms with van der Waals surface area (Å²) in [6.07, 6.45) is 0. The summed E-state index contributed by atoms with van der Waals surface area (Å²) in [7, 11) is 0. The lowest BCUT2D eigenvalue weighted by atomic mass is 10.1. The highest BCUT2D eigenvalue weighted by Crippen LogP contribution is 2.19. The molecule has 1 fully saturated rings. The van der Waals surface area contributed by atoms with Crippen molar-refractivity contribution in [1.29, 1.82) is 0 Å². The van der Waals surface area contributed by atoms with Gasteiger partial charge in [-0.3, -0.25) is 15.0 Å². The third-order valence-corrected chi connectivity index (χ3v) is 4.96. The minimum Gasteiger partial charge on any atom is -0.369 e. The van der Waals surface area contributed by atoms with Crippen molar-refractivity contribution in [1.82, 2.24) is 4.90 Å². The molecule has 7 heteroatoms. The van der Waals surface area contributed by atoms with Gasteiger partial charge in [0.25, 0.3) is 5.69 Å². The highest BCUT2D eigenvalue weighted by atomic mass is 32.2. The molecule has 0 spiro atoms. The molecule has 0 atom stereocenters. The highest BCUT2D eigenvalue weighted by molar-refractivity contribution is 7.99. The number of nitrogens with zero attached hydrogens (tertiary/aromatic N) is 3. The number of piperazine rings is 1. The van der Waals surface area contributed by atoms with Crippen molar-refractivity contribution in [3.8, 4) is 11.8 Å². The van der Waals surface area contributed by atoms with Crippen LogP contribution >= 0.6 is 25.3 Å². The van der Waals surface area contributed by atoms with Crippen molar-refractivity contribution in [3.05, 3.63) is 69.8 Å². The molecular weight excluding hydrogens is 366 g/mol. The van der Waals surface area contributed by atoms with Gasteiger partial charge in [0.15, 0.2) is 0 Å². The van der Waals surface area contributed by atoms with Crippen LogP contribution in [-0.4, -0.2) is 40.7 Å². The van der Waals surface area contributed by atoms with Gasteiger partial charge in [0.1, 0.15) is 0 Å². The number of non-ortho nitro benzene ring substituents is 1. The van der Waals surface area contributed by atoms with Crippen LogP contribution in [0.5, 0.6) is 0 Å². The molecule has 1 heterocycles. The summed E-state index contributed by atoms with van der Waals surface area (Å²) >= 11 is 8.73. The number of nitro benzene ring substituents is 1. The first-order chi connectivity index (χ1) is 12.5. The minimum atomic E-state index is -0.414. The van der Waals surface area contributed by atoms with Crippen molar-refractivity contribution < 1.29 is 4.92 Å². The van der Waals surface area contributed by atoms with E-state index in [0.29, 0.717) is 0 Å². The fraction of sp³-hybridized carbons (Fsp3) is 0.263. The lowest BCUT2D eigenvalue weighted by Crippen LogP contribution is -2.47. The molecule has 0 bridgehead atoms. The smallest absolute Gasteiger partial charge is 0.269 e. The van der Waals surface area contributed by atoms with Crippen molar-refractivity contribution in [2.75, 3.05) is 31.1 Å². The molecule has 1 saturated heterocycles. The molecule has 3 rings (SSSR count). The lowest BCUT2D eigenvalue weighted by molar-refractivity contribution is -0.384. The van der Waals surface area contributed by atoms with E-state index in [4.69, 9.17) is 0 Å². The fourth-order valence-electron chi connectivity index (χ4n) is 2.78. The van der Waals surface area contributed by atoms with Crippen LogP contribution in [0.3, 0.4) is 0 Å². The first-order valence-electron chi connectivity index (χ1n) is 8.24. The maximum atomic E-state index is 10.7. The van der Waals surface area contributed by atoms with E-state index in [9.17, 15) is 10.1 Å². The van der Waals surface area contributed by atoms with E-state index >= 15 is 0 Å². The van der Waals surface area contributed by atoms with E-state index in [2.05, 4.69) is 59.0 Å². The SMILES string of the molecule is O=[N+]([O-])c1ccc(C#Cc2ccc(N3CCN(C(S)S)CC3)cc2)cc1. The average Bonchev–Trinajstić information content (AvgIpc) is 2.67. The second-order valence-electron chi connectivity index (χ2n) is 5.97. The van der Waals surface area contributed by atoms with Crippen LogP contribution in [-0.2, 0) is 0 Å². The van der Waals surface area contributed by atoms with Crippen LogP contribution in [0.25, 0.3) is 0 Å². The fourth-order valence-corrected chi connectivity index (χ4v) is 3.24. The van der Waals surface area contributed by atoms with Crippen LogP contribution in [0, 0.1) is 22.0 Å². The van der Waals surface area contributed by atoms with Gasteiger partial charge in [0.05, 0.1) is 9.63 Å². The zero-order valence-corrected chi connectivity index (χ0v) is 15.9. The van der Waals surface area contributed by atoms with Gasteiger partial charge in [-0.25, -0.2) is 0 Å². The molecule has 0 unspecified atom stereocenters. The molecule has 0 saturated carbocycles. The summed E-state index contributed by atoms with van der Waals surface area (Å²) in [6.45, 7) is 3.79. The third-order valence-electron chi connectivity index (χ3n) is 4.30. The van der Waals surface area contributed by atoms with E-state index in [0.717, 1.165) is 37.3 Å². The molecule has 26 heavy (non-hydrogen) atoms. The number of anilines is 1. The molecule has 0 amide bonds. The molecule has 134 valence electrons. The van der Waals surface area contributed by atoms with Crippen molar-refractivity contribution in [2.24, 2.45) is 0 Å². The third kappa shape index (κ3) is 4.73. The van der Waals surface area contributed by atoms with Gasteiger partial charge in [-0.2, -0.15) is 0 Å². The summed E-state index contributed by atoms with van der Waals surface area (Å²) < 4.78 is -0.00535. The Morgan fingerprint density at radius 3 is 1.85 bits per heavy atom. The largest absolute Gasteiger partial charge is 0.369 e. The Morgan fingerprint density at radius 1 is 0.885 bits per heavy atom. The molecule has 0 N–H and O–H groups in total. The standard InChI is InChI=1S/C19H19N3O2S2/c23-22(24)18-9-5-16(6-10-18)2-1-15-3-7-17(8-4-15)20-11-13-21(14-12-20)19(25)26/h3-10,19,25-26H,11-14H2. The van der Waals surface area contributed by atoms with Crippen molar-refractivity contribution in [3.63, 3.8) is 0 Å². The minimum absolute atomic E-state index is 0.00535. The summed E-state index contributed by atoms with van der Waals surface area (Å²) in [5, 5.41) is 10.7. The molecule has 0 radical (unpaired) electrons. The number of benzene rings is 2. The Hall–Kier alpha value is -2.14. The van der Waals surface area contributed by atoms with Gasteiger partial charge < -0.3 is 4.90 Å². The second kappa shape index (κ2) is 8.49. The van der Waals surface area contributed by atoms with Gasteiger partial charge in [-0.15, -0.1) is 25.3 Å². The van der Waals surface area contributed by atoms with Crippen LogP contribution < -0.4 is 4.90 Å². The van der Waals surface area contributed by atoms with E-state index in [1.54, 1.807) is 12.1 Å². The summed E-state index contributed by atoms with van der Waals surface area (Å²) in [4.78, 5) is 14.8. The number of hydrogen-bond acceptors (Lipinski definition) is 6. The predicted molar refractivity (Wildman–Crippen MR) is 111 cm³/mol. The second-order valence-corrected chi connectivity index (χ2v) is 7.36. The molecule has 5 nitrogen and oxygen atoms in total. The topological polar surface area (TPSA) is 49.6 Å². The molecule has 0 aromatic heterocycles. The number of hydrogen-bond donors (Lipinski definition) is 2. The van der Waals surface area contributed by atoms with Crippen LogP contribution in [0.2, 0.25) is 0 Å². The Bertz CT molecular complexity index is 819. The van der Waals surface area contributed by atoms with Crippen LogP contribution in [0.15, 0.2) is 48.5 Å². The van der Waals surface area contributed by atoms with E-state index in [1.165, 1.54) is 17.8 Å². The average molecular weight is 386 g/mol. The molecular formula is C19H19N3O2S2. The molecule has 2 aromatic rings. The van der Waals surface area contributed by atoms with Crippen molar-refractivity contribution in [2.45, 2.75) is 4.71 Å². The van der Waals surface area contributed by atoms with E-state index in [-0.39, 0.29) is 10.4 Å². The Labute approximate surface area is 164 Å². The zero-order valence-electron chi connectivity index (χ0n) is 14.1. The Balaban J connectivity index is 1.63. The Morgan fingerprint density at radius 2 is 1.38 bits per heavy atom. The zero-order chi connectivity index (χ0) is 18.5. The monoisotopic (exact) mass is 385 g/mol. The summed E-state index contributed by atoms with van der Waals surface area (Å²) in [5.41, 5.74) is 2.92. The maximum Gasteiger partial charge on any atom is 0.269 e. The molecule has 1 aliphatic rings. The number of thiol groups is 2. The summed E-state index contributed by atoms with van der Waals surface area (Å²) in [5.74, 6) is 6.13.